The van der Waals surface area contributed by atoms with Gasteiger partial charge in [0.2, 0.25) is 12.2 Å². The van der Waals surface area contributed by atoms with Crippen LogP contribution in [0.2, 0.25) is 0 Å². The summed E-state index contributed by atoms with van der Waals surface area (Å²) in [5.41, 5.74) is 0. The number of esters is 2. The highest BCUT2D eigenvalue weighted by molar-refractivity contribution is 5.81. The molecule has 2 atom stereocenters. The molecule has 0 heterocycles. The molecule has 2 N–H and O–H groups in total. The fourth-order valence-corrected chi connectivity index (χ4v) is 1.21. The van der Waals surface area contributed by atoms with E-state index in [0.717, 1.165) is 24.3 Å². The molecule has 6 nitrogen and oxygen atoms in total. The Labute approximate surface area is 129 Å². The summed E-state index contributed by atoms with van der Waals surface area (Å²) in [6.45, 7) is 0. The van der Waals surface area contributed by atoms with Crippen molar-refractivity contribution in [3.05, 3.63) is 24.3 Å². The third-order valence-corrected chi connectivity index (χ3v) is 2.34. The summed E-state index contributed by atoms with van der Waals surface area (Å²) in [4.78, 5) is 22.3. The summed E-state index contributed by atoms with van der Waals surface area (Å²) >= 11 is 0. The van der Waals surface area contributed by atoms with Crippen LogP contribution in [-0.2, 0) is 9.59 Å². The molecule has 1 aromatic carbocycles. The molecular weight excluding hydrogens is 354 g/mol. The minimum absolute atomic E-state index is 0.795. The molecule has 134 valence electrons. The number of aliphatic hydroxyl groups excluding tert-OH is 2. The van der Waals surface area contributed by atoms with E-state index in [9.17, 15) is 35.9 Å². The van der Waals surface area contributed by atoms with E-state index in [4.69, 9.17) is 10.2 Å². The lowest BCUT2D eigenvalue weighted by atomic mass is 10.3. The number of rotatable bonds is 4. The largest absolute Gasteiger partial charge is 0.425 e. The molecule has 0 spiro atoms. The van der Waals surface area contributed by atoms with Crippen LogP contribution in [0.25, 0.3) is 0 Å². The van der Waals surface area contributed by atoms with E-state index in [1.807, 2.05) is 0 Å². The summed E-state index contributed by atoms with van der Waals surface area (Å²) in [5, 5.41) is 17.4. The van der Waals surface area contributed by atoms with Crippen LogP contribution in [0.5, 0.6) is 11.5 Å². The number of ether oxygens (including phenoxy) is 2. The van der Waals surface area contributed by atoms with Crippen LogP contribution in [0.15, 0.2) is 24.3 Å². The number of hydrogen-bond acceptors (Lipinski definition) is 6. The highest BCUT2D eigenvalue weighted by Crippen LogP contribution is 2.30. The molecule has 24 heavy (non-hydrogen) atoms. The number of para-hydroxylation sites is 2. The quantitative estimate of drug-likeness (QED) is 0.477. The van der Waals surface area contributed by atoms with Crippen molar-refractivity contribution in [3.63, 3.8) is 0 Å². The average Bonchev–Trinajstić information content (AvgIpc) is 2.45. The molecule has 0 amide bonds. The molecular formula is C12H8F6O6. The topological polar surface area (TPSA) is 93.1 Å². The molecule has 1 rings (SSSR count). The zero-order valence-corrected chi connectivity index (χ0v) is 11.3. The molecule has 0 bridgehead atoms. The van der Waals surface area contributed by atoms with Gasteiger partial charge in [0.1, 0.15) is 0 Å². The van der Waals surface area contributed by atoms with E-state index in [0.29, 0.717) is 0 Å². The van der Waals surface area contributed by atoms with Crippen molar-refractivity contribution in [1.82, 2.24) is 0 Å². The molecule has 0 radical (unpaired) electrons. The minimum atomic E-state index is -5.34. The summed E-state index contributed by atoms with van der Waals surface area (Å²) in [5.74, 6) is -6.12. The van der Waals surface area contributed by atoms with Crippen LogP contribution in [0.3, 0.4) is 0 Å². The first-order valence-corrected chi connectivity index (χ1v) is 5.86. The van der Waals surface area contributed by atoms with Crippen molar-refractivity contribution in [2.24, 2.45) is 0 Å². The highest BCUT2D eigenvalue weighted by Gasteiger charge is 2.46. The lowest BCUT2D eigenvalue weighted by Crippen LogP contribution is -2.40. The lowest BCUT2D eigenvalue weighted by molar-refractivity contribution is -0.214. The first-order valence-electron chi connectivity index (χ1n) is 5.86. The molecule has 0 fully saturated rings. The van der Waals surface area contributed by atoms with Gasteiger partial charge >= 0.3 is 24.3 Å². The van der Waals surface area contributed by atoms with Gasteiger partial charge in [0.25, 0.3) is 0 Å². The number of halogens is 6. The number of carbonyl (C=O) groups is 2. The molecule has 0 aliphatic rings. The van der Waals surface area contributed by atoms with Gasteiger partial charge in [-0.1, -0.05) is 12.1 Å². The second kappa shape index (κ2) is 7.05. The Morgan fingerprint density at radius 3 is 1.33 bits per heavy atom. The van der Waals surface area contributed by atoms with Gasteiger partial charge in [-0.15, -0.1) is 0 Å². The minimum Gasteiger partial charge on any atom is -0.420 e. The number of hydrogen-bond donors (Lipinski definition) is 2. The molecule has 0 saturated carbocycles. The lowest BCUT2D eigenvalue weighted by Gasteiger charge is -2.16. The fraction of sp³-hybridized carbons (Fsp3) is 0.333. The summed E-state index contributed by atoms with van der Waals surface area (Å²) < 4.78 is 81.2. The maximum Gasteiger partial charge on any atom is 0.425 e. The van der Waals surface area contributed by atoms with Gasteiger partial charge in [0, 0.05) is 0 Å². The van der Waals surface area contributed by atoms with Crippen LogP contribution in [0.1, 0.15) is 0 Å². The molecule has 0 saturated heterocycles. The van der Waals surface area contributed by atoms with Crippen LogP contribution < -0.4 is 9.47 Å². The second-order valence-corrected chi connectivity index (χ2v) is 4.18. The Morgan fingerprint density at radius 2 is 1.08 bits per heavy atom. The van der Waals surface area contributed by atoms with Crippen LogP contribution in [0, 0.1) is 0 Å². The van der Waals surface area contributed by atoms with Crippen molar-refractivity contribution in [3.8, 4) is 11.5 Å². The number of alkyl halides is 6. The molecule has 0 aliphatic heterocycles. The van der Waals surface area contributed by atoms with E-state index in [1.54, 1.807) is 0 Å². The number of carbonyl (C=O) groups excluding carboxylic acids is 2. The maximum atomic E-state index is 12.2. The van der Waals surface area contributed by atoms with Crippen LogP contribution >= 0.6 is 0 Å². The first-order chi connectivity index (χ1) is 10.8. The third-order valence-electron chi connectivity index (χ3n) is 2.34. The van der Waals surface area contributed by atoms with Crippen LogP contribution in [0.4, 0.5) is 26.3 Å². The zero-order valence-electron chi connectivity index (χ0n) is 11.3. The Morgan fingerprint density at radius 1 is 0.792 bits per heavy atom. The van der Waals surface area contributed by atoms with E-state index >= 15 is 0 Å². The Bertz CT molecular complexity index is 558. The SMILES string of the molecule is O=C(Oc1ccccc1OC(=O)[C@@H](O)C(F)(F)F)[C@@H](O)C(F)(F)F. The van der Waals surface area contributed by atoms with Crippen molar-refractivity contribution in [2.75, 3.05) is 0 Å². The normalized spacial score (nSPS) is 14.7. The van der Waals surface area contributed by atoms with Gasteiger partial charge in [0.05, 0.1) is 0 Å². The standard InChI is InChI=1S/C12H8F6O6/c13-11(14,15)7(19)9(21)23-5-3-1-2-4-6(5)24-10(22)8(20)12(16,17)18/h1-4,7-8,19-20H/t7-,8-/m1/s1. The monoisotopic (exact) mass is 362 g/mol. The molecule has 0 aromatic heterocycles. The van der Waals surface area contributed by atoms with Gasteiger partial charge in [-0.05, 0) is 12.1 Å². The number of aliphatic hydroxyl groups is 2. The summed E-state index contributed by atoms with van der Waals surface area (Å²) in [6.07, 6.45) is -17.7. The second-order valence-electron chi connectivity index (χ2n) is 4.18. The molecule has 12 heteroatoms. The predicted octanol–water partition coefficient (Wildman–Crippen LogP) is 1.34. The van der Waals surface area contributed by atoms with Crippen molar-refractivity contribution < 1.29 is 55.6 Å². The number of benzene rings is 1. The highest BCUT2D eigenvalue weighted by atomic mass is 19.4. The van der Waals surface area contributed by atoms with Gasteiger partial charge in [-0.2, -0.15) is 26.3 Å². The van der Waals surface area contributed by atoms with Crippen molar-refractivity contribution in [1.29, 1.82) is 0 Å². The van der Waals surface area contributed by atoms with Gasteiger partial charge in [-0.3, -0.25) is 0 Å². The van der Waals surface area contributed by atoms with Crippen molar-refractivity contribution in [2.45, 2.75) is 24.6 Å². The summed E-state index contributed by atoms with van der Waals surface area (Å²) in [7, 11) is 0. The Balaban J connectivity index is 2.94. The summed E-state index contributed by atoms with van der Waals surface area (Å²) in [6, 6.07) is 3.79. The van der Waals surface area contributed by atoms with Crippen molar-refractivity contribution >= 4 is 11.9 Å². The molecule has 1 aromatic rings. The fourth-order valence-electron chi connectivity index (χ4n) is 1.21. The predicted molar refractivity (Wildman–Crippen MR) is 61.8 cm³/mol. The Hall–Kier alpha value is -2.34. The van der Waals surface area contributed by atoms with E-state index in [2.05, 4.69) is 9.47 Å². The third kappa shape index (κ3) is 5.09. The van der Waals surface area contributed by atoms with Crippen LogP contribution in [-0.4, -0.2) is 46.7 Å². The van der Waals surface area contributed by atoms with E-state index in [-0.39, 0.29) is 0 Å². The van der Waals surface area contributed by atoms with E-state index < -0.39 is 48.0 Å². The molecule has 0 unspecified atom stereocenters. The zero-order chi connectivity index (χ0) is 18.7. The Kier molecular flexibility index (Phi) is 5.79. The van der Waals surface area contributed by atoms with Gasteiger partial charge < -0.3 is 19.7 Å². The molecule has 0 aliphatic carbocycles. The smallest absolute Gasteiger partial charge is 0.420 e. The van der Waals surface area contributed by atoms with Gasteiger partial charge in [0.15, 0.2) is 11.5 Å². The maximum absolute atomic E-state index is 12.2. The van der Waals surface area contributed by atoms with E-state index in [1.165, 1.54) is 0 Å². The van der Waals surface area contributed by atoms with Gasteiger partial charge in [-0.25, -0.2) is 9.59 Å². The first kappa shape index (κ1) is 19.7. The average molecular weight is 362 g/mol.